The van der Waals surface area contributed by atoms with Gasteiger partial charge in [0.05, 0.1) is 0 Å². The Kier molecular flexibility index (Phi) is 4.23. The summed E-state index contributed by atoms with van der Waals surface area (Å²) >= 11 is 1.75. The standard InChI is InChI=1S/C13H17N3S/c1-3-10-7-15-6-5-12(10)13-16-9-11(17-13)8-14-4-2/h5-7,9,14H,3-4,8H2,1-2H3. The first kappa shape index (κ1) is 12.2. The molecule has 0 spiro atoms. The number of thiazole rings is 1. The van der Waals surface area contributed by atoms with Crippen LogP contribution in [0.15, 0.2) is 24.7 Å². The lowest BCUT2D eigenvalue weighted by atomic mass is 10.1. The van der Waals surface area contributed by atoms with E-state index in [1.54, 1.807) is 11.3 Å². The molecule has 3 nitrogen and oxygen atoms in total. The molecule has 2 heterocycles. The third-order valence-corrected chi connectivity index (χ3v) is 3.65. The van der Waals surface area contributed by atoms with Gasteiger partial charge in [0.2, 0.25) is 0 Å². The highest BCUT2D eigenvalue weighted by molar-refractivity contribution is 7.15. The first-order valence-corrected chi connectivity index (χ1v) is 6.75. The normalized spacial score (nSPS) is 10.7. The maximum absolute atomic E-state index is 4.50. The van der Waals surface area contributed by atoms with Gasteiger partial charge in [-0.05, 0) is 24.6 Å². The number of nitrogens with zero attached hydrogens (tertiary/aromatic N) is 2. The summed E-state index contributed by atoms with van der Waals surface area (Å²) in [7, 11) is 0. The SMILES string of the molecule is CCNCc1cnc(-c2ccncc2CC)s1. The van der Waals surface area contributed by atoms with Crippen molar-refractivity contribution in [2.75, 3.05) is 6.54 Å². The molecular formula is C13H17N3S. The number of hydrogen-bond donors (Lipinski definition) is 1. The van der Waals surface area contributed by atoms with Crippen LogP contribution in [0.3, 0.4) is 0 Å². The van der Waals surface area contributed by atoms with Crippen molar-refractivity contribution in [3.05, 3.63) is 35.1 Å². The average molecular weight is 247 g/mol. The molecule has 0 amide bonds. The van der Waals surface area contributed by atoms with Crippen LogP contribution >= 0.6 is 11.3 Å². The van der Waals surface area contributed by atoms with E-state index in [2.05, 4.69) is 35.2 Å². The van der Waals surface area contributed by atoms with Crippen molar-refractivity contribution in [2.45, 2.75) is 26.8 Å². The maximum Gasteiger partial charge on any atom is 0.123 e. The van der Waals surface area contributed by atoms with E-state index in [0.717, 1.165) is 24.5 Å². The van der Waals surface area contributed by atoms with Crippen molar-refractivity contribution in [1.82, 2.24) is 15.3 Å². The van der Waals surface area contributed by atoms with E-state index in [1.807, 2.05) is 18.6 Å². The fourth-order valence-corrected chi connectivity index (χ4v) is 2.62. The highest BCUT2D eigenvalue weighted by Crippen LogP contribution is 2.27. The summed E-state index contributed by atoms with van der Waals surface area (Å²) in [4.78, 5) is 9.94. The topological polar surface area (TPSA) is 37.8 Å². The first-order chi connectivity index (χ1) is 8.35. The molecule has 0 fully saturated rings. The molecule has 90 valence electrons. The minimum absolute atomic E-state index is 0.903. The van der Waals surface area contributed by atoms with Gasteiger partial charge in [-0.25, -0.2) is 4.98 Å². The summed E-state index contributed by atoms with van der Waals surface area (Å²) in [5, 5.41) is 4.41. The molecule has 0 radical (unpaired) electrons. The van der Waals surface area contributed by atoms with E-state index in [0.29, 0.717) is 0 Å². The summed E-state index contributed by atoms with van der Waals surface area (Å²) in [5.41, 5.74) is 2.48. The summed E-state index contributed by atoms with van der Waals surface area (Å²) in [6.07, 6.45) is 6.72. The van der Waals surface area contributed by atoms with E-state index in [9.17, 15) is 0 Å². The van der Waals surface area contributed by atoms with Crippen LogP contribution in [0, 0.1) is 0 Å². The fourth-order valence-electron chi connectivity index (χ4n) is 1.68. The number of hydrogen-bond acceptors (Lipinski definition) is 4. The molecule has 0 atom stereocenters. The Morgan fingerprint density at radius 2 is 2.18 bits per heavy atom. The van der Waals surface area contributed by atoms with Crippen LogP contribution in [-0.2, 0) is 13.0 Å². The van der Waals surface area contributed by atoms with Gasteiger partial charge in [-0.1, -0.05) is 13.8 Å². The third kappa shape index (κ3) is 2.90. The Balaban J connectivity index is 2.24. The average Bonchev–Trinajstić information content (AvgIpc) is 2.85. The van der Waals surface area contributed by atoms with Gasteiger partial charge >= 0.3 is 0 Å². The Hall–Kier alpha value is -1.26. The Bertz CT molecular complexity index is 479. The third-order valence-electron chi connectivity index (χ3n) is 2.62. The van der Waals surface area contributed by atoms with Crippen LogP contribution < -0.4 is 5.32 Å². The van der Waals surface area contributed by atoms with Crippen molar-refractivity contribution in [1.29, 1.82) is 0 Å². The molecule has 4 heteroatoms. The lowest BCUT2D eigenvalue weighted by molar-refractivity contribution is 0.734. The molecule has 0 saturated carbocycles. The molecule has 0 aliphatic rings. The summed E-state index contributed by atoms with van der Waals surface area (Å²) in [5.74, 6) is 0. The number of rotatable bonds is 5. The second-order valence-corrected chi connectivity index (χ2v) is 4.91. The summed E-state index contributed by atoms with van der Waals surface area (Å²) < 4.78 is 0. The molecule has 0 bridgehead atoms. The second kappa shape index (κ2) is 5.89. The van der Waals surface area contributed by atoms with Gasteiger partial charge in [-0.2, -0.15) is 0 Å². The molecule has 0 aliphatic carbocycles. The first-order valence-electron chi connectivity index (χ1n) is 5.93. The van der Waals surface area contributed by atoms with E-state index < -0.39 is 0 Å². The van der Waals surface area contributed by atoms with Gasteiger partial charge in [0.1, 0.15) is 5.01 Å². The maximum atomic E-state index is 4.50. The van der Waals surface area contributed by atoms with Crippen molar-refractivity contribution in [2.24, 2.45) is 0 Å². The molecule has 0 aliphatic heterocycles. The minimum Gasteiger partial charge on any atom is -0.312 e. The molecule has 0 saturated heterocycles. The Morgan fingerprint density at radius 1 is 1.29 bits per heavy atom. The van der Waals surface area contributed by atoms with Gasteiger partial charge in [0, 0.05) is 35.6 Å². The molecule has 2 rings (SSSR count). The zero-order valence-electron chi connectivity index (χ0n) is 10.2. The van der Waals surface area contributed by atoms with E-state index in [4.69, 9.17) is 0 Å². The van der Waals surface area contributed by atoms with Crippen LogP contribution in [0.4, 0.5) is 0 Å². The van der Waals surface area contributed by atoms with Gasteiger partial charge in [0.15, 0.2) is 0 Å². The predicted octanol–water partition coefficient (Wildman–Crippen LogP) is 2.88. The highest BCUT2D eigenvalue weighted by atomic mass is 32.1. The largest absolute Gasteiger partial charge is 0.312 e. The predicted molar refractivity (Wildman–Crippen MR) is 72.1 cm³/mol. The van der Waals surface area contributed by atoms with Crippen molar-refractivity contribution >= 4 is 11.3 Å². The molecule has 2 aromatic rings. The molecule has 1 N–H and O–H groups in total. The van der Waals surface area contributed by atoms with Crippen LogP contribution in [0.25, 0.3) is 10.6 Å². The van der Waals surface area contributed by atoms with Crippen LogP contribution in [0.1, 0.15) is 24.3 Å². The molecular weight excluding hydrogens is 230 g/mol. The Morgan fingerprint density at radius 3 is 2.94 bits per heavy atom. The smallest absolute Gasteiger partial charge is 0.123 e. The van der Waals surface area contributed by atoms with Gasteiger partial charge in [-0.15, -0.1) is 11.3 Å². The van der Waals surface area contributed by atoms with Crippen LogP contribution in [-0.4, -0.2) is 16.5 Å². The monoisotopic (exact) mass is 247 g/mol. The van der Waals surface area contributed by atoms with E-state index >= 15 is 0 Å². The fraction of sp³-hybridized carbons (Fsp3) is 0.385. The van der Waals surface area contributed by atoms with Crippen molar-refractivity contribution < 1.29 is 0 Å². The number of aryl methyl sites for hydroxylation is 1. The van der Waals surface area contributed by atoms with Gasteiger partial charge < -0.3 is 5.32 Å². The zero-order chi connectivity index (χ0) is 12.1. The lowest BCUT2D eigenvalue weighted by Gasteiger charge is -2.02. The molecule has 0 aromatic carbocycles. The van der Waals surface area contributed by atoms with E-state index in [-0.39, 0.29) is 0 Å². The zero-order valence-corrected chi connectivity index (χ0v) is 11.0. The minimum atomic E-state index is 0.903. The number of nitrogens with one attached hydrogen (secondary N) is 1. The number of pyridine rings is 1. The van der Waals surface area contributed by atoms with Crippen LogP contribution in [0.5, 0.6) is 0 Å². The quantitative estimate of drug-likeness (QED) is 0.883. The Labute approximate surface area is 106 Å². The molecule has 2 aromatic heterocycles. The van der Waals surface area contributed by atoms with Crippen molar-refractivity contribution in [3.8, 4) is 10.6 Å². The number of aromatic nitrogens is 2. The lowest BCUT2D eigenvalue weighted by Crippen LogP contribution is -2.10. The van der Waals surface area contributed by atoms with Crippen molar-refractivity contribution in [3.63, 3.8) is 0 Å². The van der Waals surface area contributed by atoms with Crippen LogP contribution in [0.2, 0.25) is 0 Å². The molecule has 17 heavy (non-hydrogen) atoms. The van der Waals surface area contributed by atoms with Gasteiger partial charge in [0.25, 0.3) is 0 Å². The highest BCUT2D eigenvalue weighted by Gasteiger charge is 2.08. The van der Waals surface area contributed by atoms with E-state index in [1.165, 1.54) is 16.0 Å². The summed E-state index contributed by atoms with van der Waals surface area (Å²) in [6, 6.07) is 2.05. The molecule has 0 unspecified atom stereocenters. The second-order valence-electron chi connectivity index (χ2n) is 3.80. The van der Waals surface area contributed by atoms with Gasteiger partial charge in [-0.3, -0.25) is 4.98 Å². The summed E-state index contributed by atoms with van der Waals surface area (Å²) in [6.45, 7) is 6.15.